The maximum atomic E-state index is 12.4. The van der Waals surface area contributed by atoms with Crippen LogP contribution in [-0.4, -0.2) is 68.8 Å². The van der Waals surface area contributed by atoms with Gasteiger partial charge in [-0.05, 0) is 46.0 Å². The van der Waals surface area contributed by atoms with Gasteiger partial charge in [-0.3, -0.25) is 0 Å². The van der Waals surface area contributed by atoms with Gasteiger partial charge in [0.05, 0.1) is 13.7 Å². The largest absolute Gasteiger partial charge is 0.493 e. The predicted octanol–water partition coefficient (Wildman–Crippen LogP) is 2.20. The van der Waals surface area contributed by atoms with E-state index >= 15 is 0 Å². The summed E-state index contributed by atoms with van der Waals surface area (Å²) in [5.41, 5.74) is 0. The topological polar surface area (TPSA) is 54.0 Å². The van der Waals surface area contributed by atoms with Gasteiger partial charge in [0, 0.05) is 19.1 Å². The second-order valence-electron chi connectivity index (χ2n) is 6.47. The number of piperidine rings is 1. The maximum absolute atomic E-state index is 12.4. The van der Waals surface area contributed by atoms with Crippen LogP contribution in [0.4, 0.5) is 4.79 Å². The van der Waals surface area contributed by atoms with Gasteiger partial charge in [0.2, 0.25) is 0 Å². The van der Waals surface area contributed by atoms with E-state index in [2.05, 4.69) is 24.3 Å². The van der Waals surface area contributed by atoms with Gasteiger partial charge >= 0.3 is 6.03 Å². The molecule has 0 aromatic heterocycles. The van der Waals surface area contributed by atoms with E-state index in [1.165, 1.54) is 0 Å². The first-order chi connectivity index (χ1) is 11.5. The quantitative estimate of drug-likeness (QED) is 0.866. The van der Waals surface area contributed by atoms with E-state index in [9.17, 15) is 4.79 Å². The highest BCUT2D eigenvalue weighted by molar-refractivity contribution is 5.74. The van der Waals surface area contributed by atoms with Crippen molar-refractivity contribution in [3.8, 4) is 11.5 Å². The molecule has 6 heteroatoms. The van der Waals surface area contributed by atoms with Crippen LogP contribution in [0, 0.1) is 0 Å². The number of nitrogens with zero attached hydrogens (tertiary/aromatic N) is 2. The van der Waals surface area contributed by atoms with E-state index in [0.717, 1.165) is 25.9 Å². The lowest BCUT2D eigenvalue weighted by molar-refractivity contribution is 0.135. The average Bonchev–Trinajstić information content (AvgIpc) is 2.60. The molecule has 1 aromatic rings. The van der Waals surface area contributed by atoms with Gasteiger partial charge < -0.3 is 24.6 Å². The normalized spacial score (nSPS) is 19.0. The lowest BCUT2D eigenvalue weighted by Gasteiger charge is -2.36. The number of nitrogens with one attached hydrogen (secondary N) is 1. The summed E-state index contributed by atoms with van der Waals surface area (Å²) in [6.07, 6.45) is 2.05. The summed E-state index contributed by atoms with van der Waals surface area (Å²) in [4.78, 5) is 16.4. The van der Waals surface area contributed by atoms with Crippen molar-refractivity contribution in [3.05, 3.63) is 24.3 Å². The lowest BCUT2D eigenvalue weighted by atomic mass is 10.1. The summed E-state index contributed by atoms with van der Waals surface area (Å²) in [6.45, 7) is 3.99. The van der Waals surface area contributed by atoms with E-state index in [1.807, 2.05) is 36.1 Å². The Hall–Kier alpha value is -1.95. The Labute approximate surface area is 144 Å². The van der Waals surface area contributed by atoms with Crippen LogP contribution in [0.3, 0.4) is 0 Å². The number of likely N-dealkylation sites (tertiary alicyclic amines) is 1. The zero-order valence-corrected chi connectivity index (χ0v) is 15.1. The smallest absolute Gasteiger partial charge is 0.317 e. The molecule has 2 amide bonds. The van der Waals surface area contributed by atoms with E-state index < -0.39 is 0 Å². The Morgan fingerprint density at radius 1 is 1.38 bits per heavy atom. The molecule has 1 heterocycles. The number of hydrogen-bond acceptors (Lipinski definition) is 4. The van der Waals surface area contributed by atoms with Gasteiger partial charge in [-0.15, -0.1) is 0 Å². The molecule has 134 valence electrons. The predicted molar refractivity (Wildman–Crippen MR) is 94.8 cm³/mol. The van der Waals surface area contributed by atoms with Gasteiger partial charge in [0.15, 0.2) is 11.5 Å². The van der Waals surface area contributed by atoms with Crippen LogP contribution in [0.1, 0.15) is 19.8 Å². The number of likely N-dealkylation sites (N-methyl/N-ethyl adjacent to an activating group) is 1. The van der Waals surface area contributed by atoms with Crippen molar-refractivity contribution in [1.82, 2.24) is 15.1 Å². The maximum Gasteiger partial charge on any atom is 0.317 e. The SMILES string of the molecule is COc1ccccc1OC(C)CNC(=O)N1CCCC(N(C)C)C1. The van der Waals surface area contributed by atoms with Gasteiger partial charge in [0.25, 0.3) is 0 Å². The molecule has 1 aliphatic rings. The first-order valence-corrected chi connectivity index (χ1v) is 8.50. The number of ether oxygens (including phenoxy) is 2. The second-order valence-corrected chi connectivity index (χ2v) is 6.47. The van der Waals surface area contributed by atoms with Crippen LogP contribution < -0.4 is 14.8 Å². The molecule has 1 saturated heterocycles. The second kappa shape index (κ2) is 8.78. The van der Waals surface area contributed by atoms with E-state index in [0.29, 0.717) is 24.1 Å². The fourth-order valence-electron chi connectivity index (χ4n) is 2.88. The highest BCUT2D eigenvalue weighted by Crippen LogP contribution is 2.26. The van der Waals surface area contributed by atoms with Crippen molar-refractivity contribution in [1.29, 1.82) is 0 Å². The van der Waals surface area contributed by atoms with Crippen LogP contribution >= 0.6 is 0 Å². The van der Waals surface area contributed by atoms with Crippen LogP contribution in [-0.2, 0) is 0 Å². The van der Waals surface area contributed by atoms with Crippen molar-refractivity contribution in [3.63, 3.8) is 0 Å². The number of rotatable bonds is 6. The van der Waals surface area contributed by atoms with E-state index in [1.54, 1.807) is 7.11 Å². The highest BCUT2D eigenvalue weighted by Gasteiger charge is 2.25. The molecule has 0 aliphatic carbocycles. The Bertz CT molecular complexity index is 536. The molecule has 24 heavy (non-hydrogen) atoms. The molecule has 2 atom stereocenters. The molecule has 1 fully saturated rings. The summed E-state index contributed by atoms with van der Waals surface area (Å²) < 4.78 is 11.1. The number of benzene rings is 1. The first kappa shape index (κ1) is 18.4. The zero-order valence-electron chi connectivity index (χ0n) is 15.1. The number of para-hydroxylation sites is 2. The third kappa shape index (κ3) is 5.03. The minimum Gasteiger partial charge on any atom is -0.493 e. The summed E-state index contributed by atoms with van der Waals surface area (Å²) in [5.74, 6) is 1.38. The number of carbonyl (C=O) groups is 1. The molecule has 1 aliphatic heterocycles. The van der Waals surface area contributed by atoms with Gasteiger partial charge in [-0.2, -0.15) is 0 Å². The van der Waals surface area contributed by atoms with Crippen molar-refractivity contribution in [2.75, 3.05) is 40.8 Å². The Balaban J connectivity index is 1.80. The molecule has 1 aromatic carbocycles. The Morgan fingerprint density at radius 3 is 2.75 bits per heavy atom. The molecule has 1 N–H and O–H groups in total. The number of carbonyl (C=O) groups excluding carboxylic acids is 1. The summed E-state index contributed by atoms with van der Waals surface area (Å²) in [7, 11) is 5.75. The van der Waals surface area contributed by atoms with Crippen LogP contribution in [0.25, 0.3) is 0 Å². The third-order valence-electron chi connectivity index (χ3n) is 4.35. The van der Waals surface area contributed by atoms with E-state index in [4.69, 9.17) is 9.47 Å². The van der Waals surface area contributed by atoms with Crippen molar-refractivity contribution in [2.24, 2.45) is 0 Å². The molecular weight excluding hydrogens is 306 g/mol. The molecule has 6 nitrogen and oxygen atoms in total. The van der Waals surface area contributed by atoms with Crippen molar-refractivity contribution in [2.45, 2.75) is 31.9 Å². The van der Waals surface area contributed by atoms with Gasteiger partial charge in [0.1, 0.15) is 6.10 Å². The number of hydrogen-bond donors (Lipinski definition) is 1. The molecule has 0 saturated carbocycles. The summed E-state index contributed by atoms with van der Waals surface area (Å²) in [5, 5.41) is 2.97. The molecule has 0 bridgehead atoms. The Kier molecular flexibility index (Phi) is 6.73. The van der Waals surface area contributed by atoms with E-state index in [-0.39, 0.29) is 12.1 Å². The van der Waals surface area contributed by atoms with Crippen LogP contribution in [0.2, 0.25) is 0 Å². The molecule has 2 unspecified atom stereocenters. The fraction of sp³-hybridized carbons (Fsp3) is 0.611. The highest BCUT2D eigenvalue weighted by atomic mass is 16.5. The number of methoxy groups -OCH3 is 1. The molecule has 2 rings (SSSR count). The lowest BCUT2D eigenvalue weighted by Crippen LogP contribution is -2.51. The summed E-state index contributed by atoms with van der Waals surface area (Å²) >= 11 is 0. The molecule has 0 spiro atoms. The third-order valence-corrected chi connectivity index (χ3v) is 4.35. The minimum atomic E-state index is -0.139. The standard InChI is InChI=1S/C18H29N3O3/c1-14(24-17-10-6-5-9-16(17)23-4)12-19-18(22)21-11-7-8-15(13-21)20(2)3/h5-6,9-10,14-15H,7-8,11-13H2,1-4H3,(H,19,22). The summed E-state index contributed by atoms with van der Waals surface area (Å²) in [6, 6.07) is 7.94. The molecule has 0 radical (unpaired) electrons. The monoisotopic (exact) mass is 335 g/mol. The van der Waals surface area contributed by atoms with Gasteiger partial charge in [-0.25, -0.2) is 4.79 Å². The van der Waals surface area contributed by atoms with Crippen LogP contribution in [0.5, 0.6) is 11.5 Å². The number of urea groups is 1. The number of amides is 2. The van der Waals surface area contributed by atoms with Crippen LogP contribution in [0.15, 0.2) is 24.3 Å². The zero-order chi connectivity index (χ0) is 17.5. The Morgan fingerprint density at radius 2 is 2.08 bits per heavy atom. The molecular formula is C18H29N3O3. The van der Waals surface area contributed by atoms with Gasteiger partial charge in [-0.1, -0.05) is 12.1 Å². The minimum absolute atomic E-state index is 0.0166. The fourth-order valence-corrected chi connectivity index (χ4v) is 2.88. The average molecular weight is 335 g/mol. The van der Waals surface area contributed by atoms with Crippen molar-refractivity contribution >= 4 is 6.03 Å². The van der Waals surface area contributed by atoms with Crippen molar-refractivity contribution < 1.29 is 14.3 Å². The first-order valence-electron chi connectivity index (χ1n) is 8.50.